The molecule has 0 bridgehead atoms. The van der Waals surface area contributed by atoms with Gasteiger partial charge in [-0.3, -0.25) is 15.2 Å². The van der Waals surface area contributed by atoms with Crippen LogP contribution < -0.4 is 0 Å². The molecule has 0 spiro atoms. The van der Waals surface area contributed by atoms with Crippen molar-refractivity contribution in [3.63, 3.8) is 0 Å². The maximum Gasteiger partial charge on any atom is 0.270 e. The van der Waals surface area contributed by atoms with Crippen molar-refractivity contribution in [3.05, 3.63) is 34.5 Å². The summed E-state index contributed by atoms with van der Waals surface area (Å²) in [5, 5.41) is 15.6. The van der Waals surface area contributed by atoms with Crippen LogP contribution in [-0.2, 0) is 0 Å². The number of fused-ring (bicyclic) bond motifs is 1. The van der Waals surface area contributed by atoms with Crippen molar-refractivity contribution in [1.82, 2.24) is 10.2 Å². The summed E-state index contributed by atoms with van der Waals surface area (Å²) in [5.41, 5.74) is 0.598. The second-order valence-corrected chi connectivity index (χ2v) is 2.34. The van der Waals surface area contributed by atoms with Crippen LogP contribution in [0.15, 0.2) is 24.4 Å². The van der Waals surface area contributed by atoms with Gasteiger partial charge >= 0.3 is 0 Å². The number of hydrogen-bond donors (Lipinski definition) is 1. The molecule has 1 N–H and O–H groups in total. The van der Waals surface area contributed by atoms with E-state index >= 15 is 0 Å². The molecule has 0 amide bonds. The molecule has 0 aliphatic rings. The first-order valence-electron chi connectivity index (χ1n) is 3.74. The number of non-ortho nitro benzene ring substituents is 1. The Labute approximate surface area is 68.6 Å². The Morgan fingerprint density at radius 2 is 2.50 bits per heavy atom. The Morgan fingerprint density at radius 3 is 3.25 bits per heavy atom. The Bertz CT molecular complexity index is 480. The molecule has 1 heterocycles. The Hall–Kier alpha value is -1.91. The van der Waals surface area contributed by atoms with Crippen molar-refractivity contribution in [2.45, 2.75) is 0 Å². The molecule has 0 saturated carbocycles. The lowest BCUT2D eigenvalue weighted by molar-refractivity contribution is -0.384. The minimum Gasteiger partial charge on any atom is -0.285 e. The Kier molecular flexibility index (Phi) is 1.09. The molecule has 0 unspecified atom stereocenters. The average molecular weight is 164 g/mol. The predicted octanol–water partition coefficient (Wildman–Crippen LogP) is 1.47. The summed E-state index contributed by atoms with van der Waals surface area (Å²) >= 11 is 0. The van der Waals surface area contributed by atoms with Crippen LogP contribution in [0.1, 0.15) is 0 Å². The molecule has 1 aromatic carbocycles. The first kappa shape index (κ1) is 5.70. The summed E-state index contributed by atoms with van der Waals surface area (Å²) in [4.78, 5) is 9.91. The van der Waals surface area contributed by atoms with Crippen LogP contribution in [0.4, 0.5) is 5.69 Å². The first-order chi connectivity index (χ1) is 6.16. The fourth-order valence-corrected chi connectivity index (χ4v) is 1.00. The lowest BCUT2D eigenvalue weighted by Crippen LogP contribution is -1.86. The van der Waals surface area contributed by atoms with Gasteiger partial charge in [-0.05, 0) is 6.07 Å². The van der Waals surface area contributed by atoms with Gasteiger partial charge in [-0.15, -0.1) is 0 Å². The molecule has 2 aromatic rings. The van der Waals surface area contributed by atoms with E-state index in [4.69, 9.17) is 1.41 Å². The molecule has 5 nitrogen and oxygen atoms in total. The zero-order valence-electron chi connectivity index (χ0n) is 6.97. The fraction of sp³-hybridized carbons (Fsp3) is 0. The summed E-state index contributed by atoms with van der Waals surface area (Å²) in [6.07, 6.45) is 1.42. The van der Waals surface area contributed by atoms with Crippen LogP contribution in [0.3, 0.4) is 0 Å². The number of hydrogen-bond acceptors (Lipinski definition) is 3. The number of benzene rings is 1. The largest absolute Gasteiger partial charge is 0.285 e. The predicted molar refractivity (Wildman–Crippen MR) is 42.7 cm³/mol. The van der Waals surface area contributed by atoms with Gasteiger partial charge in [-0.1, -0.05) is 0 Å². The smallest absolute Gasteiger partial charge is 0.270 e. The highest BCUT2D eigenvalue weighted by atomic mass is 16.6. The van der Waals surface area contributed by atoms with Gasteiger partial charge in [0.15, 0.2) is 1.41 Å². The Balaban J connectivity index is 2.67. The van der Waals surface area contributed by atoms with E-state index in [1.54, 1.807) is 0 Å². The topological polar surface area (TPSA) is 71.8 Å². The average Bonchev–Trinajstić information content (AvgIpc) is 2.42. The minimum atomic E-state index is -0.472. The van der Waals surface area contributed by atoms with Gasteiger partial charge in [-0.25, -0.2) is 0 Å². The van der Waals surface area contributed by atoms with Crippen molar-refractivity contribution < 1.29 is 6.34 Å². The van der Waals surface area contributed by atoms with E-state index in [1.807, 2.05) is 0 Å². The van der Waals surface area contributed by atoms with Gasteiger partial charge in [0.2, 0.25) is 0 Å². The molecule has 12 heavy (non-hydrogen) atoms. The number of nitro benzene ring substituents is 1. The third-order valence-corrected chi connectivity index (χ3v) is 1.58. The van der Waals surface area contributed by atoms with Gasteiger partial charge < -0.3 is 0 Å². The fourth-order valence-electron chi connectivity index (χ4n) is 1.00. The maximum absolute atomic E-state index is 10.4. The van der Waals surface area contributed by atoms with E-state index in [9.17, 15) is 10.1 Å². The highest BCUT2D eigenvalue weighted by molar-refractivity contribution is 5.80. The van der Waals surface area contributed by atoms with Gasteiger partial charge in [0.05, 0.1) is 10.4 Å². The van der Waals surface area contributed by atoms with E-state index in [0.29, 0.717) is 10.9 Å². The highest BCUT2D eigenvalue weighted by Crippen LogP contribution is 2.17. The Morgan fingerprint density at radius 1 is 1.67 bits per heavy atom. The van der Waals surface area contributed by atoms with Crippen LogP contribution in [0.25, 0.3) is 10.9 Å². The normalized spacial score (nSPS) is 11.5. The lowest BCUT2D eigenvalue weighted by Gasteiger charge is -1.88. The summed E-state index contributed by atoms with van der Waals surface area (Å²) in [6, 6.07) is 4.29. The van der Waals surface area contributed by atoms with Crippen molar-refractivity contribution in [3.8, 4) is 0 Å². The van der Waals surface area contributed by atoms with E-state index in [-0.39, 0.29) is 5.69 Å². The zero-order valence-corrected chi connectivity index (χ0v) is 5.97. The zero-order chi connectivity index (χ0) is 9.42. The molecule has 0 fully saturated rings. The number of nitrogens with one attached hydrogen (secondary N) is 1. The van der Waals surface area contributed by atoms with Crippen LogP contribution in [0, 0.1) is 10.1 Å². The summed E-state index contributed by atoms with van der Waals surface area (Å²) in [6.45, 7) is 0. The number of nitro groups is 1. The molecular weight excluding hydrogens is 158 g/mol. The number of rotatable bonds is 1. The van der Waals surface area contributed by atoms with Crippen molar-refractivity contribution in [2.24, 2.45) is 0 Å². The van der Waals surface area contributed by atoms with E-state index < -0.39 is 4.92 Å². The van der Waals surface area contributed by atoms with Crippen LogP contribution in [0.5, 0.6) is 0 Å². The highest BCUT2D eigenvalue weighted by Gasteiger charge is 2.05. The number of H-pyrrole nitrogens is 1. The molecule has 1 aromatic heterocycles. The van der Waals surface area contributed by atoms with Gasteiger partial charge in [0.25, 0.3) is 5.69 Å². The number of aromatic nitrogens is 2. The molecule has 0 saturated heterocycles. The van der Waals surface area contributed by atoms with Crippen molar-refractivity contribution in [1.29, 1.82) is 0 Å². The van der Waals surface area contributed by atoms with E-state index in [2.05, 4.69) is 5.10 Å². The second-order valence-electron chi connectivity index (χ2n) is 2.34. The molecule has 5 heteroatoms. The second kappa shape index (κ2) is 2.30. The number of nitrogens with zero attached hydrogens (tertiary/aromatic N) is 2. The lowest BCUT2D eigenvalue weighted by atomic mass is 10.2. The molecule has 0 aliphatic carbocycles. The monoisotopic (exact) mass is 164 g/mol. The van der Waals surface area contributed by atoms with Crippen molar-refractivity contribution >= 4 is 16.6 Å². The standard InChI is InChI=1S/C7H5N3O2/c11-10(12)6-1-2-7-5(3-6)4-8-9-7/h1-4H,(H,8,9)/i/hD. The molecule has 60 valence electrons. The molecular formula is C7H5N3O2. The molecule has 0 radical (unpaired) electrons. The van der Waals surface area contributed by atoms with E-state index in [1.165, 1.54) is 24.4 Å². The molecule has 2 rings (SSSR count). The maximum atomic E-state index is 10.4. The third-order valence-electron chi connectivity index (χ3n) is 1.58. The van der Waals surface area contributed by atoms with Gasteiger partial charge in [0.1, 0.15) is 0 Å². The molecule has 0 atom stereocenters. The van der Waals surface area contributed by atoms with Crippen LogP contribution >= 0.6 is 0 Å². The first-order valence-corrected chi connectivity index (χ1v) is 3.30. The quantitative estimate of drug-likeness (QED) is 0.512. The number of aromatic amines is 1. The summed E-state index contributed by atoms with van der Waals surface area (Å²) in [5.74, 6) is 0. The molecule has 0 aliphatic heterocycles. The van der Waals surface area contributed by atoms with Crippen molar-refractivity contribution in [2.75, 3.05) is 0 Å². The SMILES string of the molecule is [2H]n1cc2cc([N+](=O)[O-])ccc2n1. The van der Waals surface area contributed by atoms with E-state index in [0.717, 1.165) is 5.09 Å². The summed E-state index contributed by atoms with van der Waals surface area (Å²) in [7, 11) is 0. The van der Waals surface area contributed by atoms with Gasteiger partial charge in [0, 0.05) is 23.7 Å². The summed E-state index contributed by atoms with van der Waals surface area (Å²) < 4.78 is 7.14. The van der Waals surface area contributed by atoms with Crippen LogP contribution in [-0.4, -0.2) is 15.1 Å². The van der Waals surface area contributed by atoms with Crippen LogP contribution in [0.2, 0.25) is 1.41 Å². The van der Waals surface area contributed by atoms with Gasteiger partial charge in [-0.2, -0.15) is 5.10 Å². The third kappa shape index (κ3) is 0.914. The minimum absolute atomic E-state index is 0.0144.